The van der Waals surface area contributed by atoms with Crippen LogP contribution >= 0.6 is 11.6 Å². The van der Waals surface area contributed by atoms with Crippen LogP contribution in [0, 0.1) is 0 Å². The number of hydrogen-bond acceptors (Lipinski definition) is 6. The van der Waals surface area contributed by atoms with Crippen LogP contribution in [0.4, 0.5) is 11.6 Å². The Morgan fingerprint density at radius 3 is 2.73 bits per heavy atom. The average Bonchev–Trinajstić information content (AvgIpc) is 3.15. The number of halogens is 1. The summed E-state index contributed by atoms with van der Waals surface area (Å²) >= 11 is 6.08. The van der Waals surface area contributed by atoms with Crippen molar-refractivity contribution < 1.29 is 14.3 Å². The molecule has 0 unspecified atom stereocenters. The van der Waals surface area contributed by atoms with E-state index < -0.39 is 0 Å². The van der Waals surface area contributed by atoms with E-state index in [-0.39, 0.29) is 11.6 Å². The fraction of sp³-hybridized carbons (Fsp3) is 0.0952. The van der Waals surface area contributed by atoms with Crippen molar-refractivity contribution in [2.45, 2.75) is 0 Å². The molecule has 0 saturated heterocycles. The first-order chi connectivity index (χ1) is 14.6. The minimum Gasteiger partial charge on any atom is -0.495 e. The molecule has 4 aromatic rings. The first kappa shape index (κ1) is 19.5. The lowest BCUT2D eigenvalue weighted by molar-refractivity contribution is 0.0958. The fourth-order valence-corrected chi connectivity index (χ4v) is 3.05. The quantitative estimate of drug-likeness (QED) is 0.421. The Bertz CT molecular complexity index is 1220. The second-order valence-corrected chi connectivity index (χ2v) is 6.73. The molecule has 152 valence electrons. The summed E-state index contributed by atoms with van der Waals surface area (Å²) in [4.78, 5) is 23.5. The molecule has 0 spiro atoms. The zero-order chi connectivity index (χ0) is 21.1. The van der Waals surface area contributed by atoms with Crippen molar-refractivity contribution in [3.8, 4) is 17.2 Å². The average molecular weight is 424 g/mol. The number of methoxy groups -OCH3 is 1. The van der Waals surface area contributed by atoms with Gasteiger partial charge in [0.05, 0.1) is 23.8 Å². The number of carbonyl (C=O) groups excluding carboxylic acids is 1. The maximum absolute atomic E-state index is 11.7. The number of aromatic amines is 1. The molecule has 2 aromatic carbocycles. The van der Waals surface area contributed by atoms with Gasteiger partial charge in [0, 0.05) is 30.4 Å². The second-order valence-electron chi connectivity index (χ2n) is 6.29. The highest BCUT2D eigenvalue weighted by molar-refractivity contribution is 6.31. The van der Waals surface area contributed by atoms with Gasteiger partial charge in [-0.2, -0.15) is 0 Å². The van der Waals surface area contributed by atoms with Gasteiger partial charge in [-0.1, -0.05) is 11.6 Å². The van der Waals surface area contributed by atoms with Gasteiger partial charge in [-0.25, -0.2) is 4.98 Å². The molecule has 0 atom stereocenters. The van der Waals surface area contributed by atoms with Crippen LogP contribution in [0.15, 0.2) is 54.7 Å². The molecule has 2 aromatic heterocycles. The van der Waals surface area contributed by atoms with Crippen molar-refractivity contribution in [1.29, 1.82) is 0 Å². The molecule has 2 heterocycles. The van der Waals surface area contributed by atoms with Crippen LogP contribution in [0.1, 0.15) is 10.5 Å². The summed E-state index contributed by atoms with van der Waals surface area (Å²) in [5.74, 6) is 2.00. The minimum atomic E-state index is -0.281. The van der Waals surface area contributed by atoms with Crippen molar-refractivity contribution in [3.05, 3.63) is 65.4 Å². The van der Waals surface area contributed by atoms with Gasteiger partial charge in [-0.15, -0.1) is 0 Å². The fourth-order valence-electron chi connectivity index (χ4n) is 2.88. The van der Waals surface area contributed by atoms with E-state index in [1.807, 2.05) is 12.1 Å². The Labute approximate surface area is 177 Å². The third-order valence-corrected chi connectivity index (χ3v) is 4.53. The molecule has 0 aliphatic carbocycles. The van der Waals surface area contributed by atoms with Crippen molar-refractivity contribution in [2.24, 2.45) is 0 Å². The molecule has 4 rings (SSSR count). The van der Waals surface area contributed by atoms with Crippen LogP contribution in [0.5, 0.6) is 17.2 Å². The van der Waals surface area contributed by atoms with Gasteiger partial charge in [0.25, 0.3) is 5.91 Å². The molecular weight excluding hydrogens is 406 g/mol. The summed E-state index contributed by atoms with van der Waals surface area (Å²) in [7, 11) is 3.14. The molecule has 0 fully saturated rings. The highest BCUT2D eigenvalue weighted by Crippen LogP contribution is 2.31. The van der Waals surface area contributed by atoms with Crippen LogP contribution < -0.4 is 20.1 Å². The van der Waals surface area contributed by atoms with E-state index in [1.165, 1.54) is 6.20 Å². The van der Waals surface area contributed by atoms with Gasteiger partial charge in [-0.3, -0.25) is 9.78 Å². The first-order valence-electron chi connectivity index (χ1n) is 9.02. The number of nitrogens with zero attached hydrogens (tertiary/aromatic N) is 2. The van der Waals surface area contributed by atoms with Gasteiger partial charge >= 0.3 is 0 Å². The molecule has 0 aliphatic rings. The number of imidazole rings is 1. The van der Waals surface area contributed by atoms with Gasteiger partial charge in [0.15, 0.2) is 0 Å². The molecule has 1 amide bonds. The van der Waals surface area contributed by atoms with Crippen LogP contribution in [0.2, 0.25) is 5.02 Å². The molecule has 0 saturated carbocycles. The zero-order valence-corrected chi connectivity index (χ0v) is 16.9. The van der Waals surface area contributed by atoms with E-state index >= 15 is 0 Å². The van der Waals surface area contributed by atoms with Gasteiger partial charge in [0.1, 0.15) is 22.9 Å². The van der Waals surface area contributed by atoms with Crippen molar-refractivity contribution in [3.63, 3.8) is 0 Å². The van der Waals surface area contributed by atoms with Crippen LogP contribution in [-0.2, 0) is 0 Å². The molecule has 3 N–H and O–H groups in total. The SMILES string of the molecule is CNC(=O)c1cc(Oc2ccc3nc(Nc4cc(Cl)ccc4OC)[nH]c3c2)ccn1. The van der Waals surface area contributed by atoms with Gasteiger partial charge in [-0.05, 0) is 36.4 Å². The third kappa shape index (κ3) is 4.13. The highest BCUT2D eigenvalue weighted by Gasteiger charge is 2.10. The van der Waals surface area contributed by atoms with E-state index in [1.54, 1.807) is 50.6 Å². The normalized spacial score (nSPS) is 10.6. The largest absolute Gasteiger partial charge is 0.495 e. The summed E-state index contributed by atoms with van der Waals surface area (Å²) in [5, 5.41) is 6.30. The van der Waals surface area contributed by atoms with Gasteiger partial charge in [0.2, 0.25) is 5.95 Å². The minimum absolute atomic E-state index is 0.277. The molecule has 0 aliphatic heterocycles. The molecule has 0 bridgehead atoms. The second kappa shape index (κ2) is 8.30. The van der Waals surface area contributed by atoms with Crippen LogP contribution in [0.25, 0.3) is 11.0 Å². The van der Waals surface area contributed by atoms with E-state index in [0.717, 1.165) is 11.0 Å². The van der Waals surface area contributed by atoms with E-state index in [9.17, 15) is 4.79 Å². The monoisotopic (exact) mass is 423 g/mol. The Morgan fingerprint density at radius 1 is 1.10 bits per heavy atom. The summed E-state index contributed by atoms with van der Waals surface area (Å²) in [6.07, 6.45) is 1.52. The number of carbonyl (C=O) groups is 1. The first-order valence-corrected chi connectivity index (χ1v) is 9.40. The van der Waals surface area contributed by atoms with E-state index in [0.29, 0.717) is 33.9 Å². The number of benzene rings is 2. The standard InChI is InChI=1S/C21H18ClN5O3/c1-23-20(28)18-11-14(7-8-24-18)30-13-4-5-15-16(10-13)26-21(25-15)27-17-9-12(22)3-6-19(17)29-2/h3-11H,1-2H3,(H,23,28)(H2,25,26,27). The number of anilines is 2. The summed E-state index contributed by atoms with van der Waals surface area (Å²) in [5.41, 5.74) is 2.50. The lowest BCUT2D eigenvalue weighted by Gasteiger charge is -2.09. The lowest BCUT2D eigenvalue weighted by atomic mass is 10.3. The van der Waals surface area contributed by atoms with E-state index in [2.05, 4.69) is 25.6 Å². The lowest BCUT2D eigenvalue weighted by Crippen LogP contribution is -2.18. The summed E-state index contributed by atoms with van der Waals surface area (Å²) in [6.45, 7) is 0. The van der Waals surface area contributed by atoms with Crippen LogP contribution in [0.3, 0.4) is 0 Å². The predicted molar refractivity (Wildman–Crippen MR) is 115 cm³/mol. The van der Waals surface area contributed by atoms with E-state index in [4.69, 9.17) is 21.1 Å². The Kier molecular flexibility index (Phi) is 5.40. The third-order valence-electron chi connectivity index (χ3n) is 4.29. The number of pyridine rings is 1. The van der Waals surface area contributed by atoms with Crippen molar-refractivity contribution in [2.75, 3.05) is 19.5 Å². The van der Waals surface area contributed by atoms with Crippen LogP contribution in [-0.4, -0.2) is 35.0 Å². The number of fused-ring (bicyclic) bond motifs is 1. The van der Waals surface area contributed by atoms with Crippen molar-refractivity contribution >= 4 is 40.2 Å². The highest BCUT2D eigenvalue weighted by atomic mass is 35.5. The molecular formula is C21H18ClN5O3. The number of hydrogen-bond donors (Lipinski definition) is 3. The van der Waals surface area contributed by atoms with Crippen molar-refractivity contribution in [1.82, 2.24) is 20.3 Å². The molecule has 8 nitrogen and oxygen atoms in total. The number of H-pyrrole nitrogens is 1. The molecule has 30 heavy (non-hydrogen) atoms. The number of amides is 1. The van der Waals surface area contributed by atoms with Gasteiger partial charge < -0.3 is 25.1 Å². The zero-order valence-electron chi connectivity index (χ0n) is 16.2. The summed E-state index contributed by atoms with van der Waals surface area (Å²) in [6, 6.07) is 14.0. The number of ether oxygens (including phenoxy) is 2. The smallest absolute Gasteiger partial charge is 0.269 e. The Morgan fingerprint density at radius 2 is 1.93 bits per heavy atom. The topological polar surface area (TPSA) is 101 Å². The summed E-state index contributed by atoms with van der Waals surface area (Å²) < 4.78 is 11.2. The number of rotatable bonds is 6. The molecule has 0 radical (unpaired) electrons. The Balaban J connectivity index is 1.57. The maximum atomic E-state index is 11.7. The number of aromatic nitrogens is 3. The Hall–Kier alpha value is -3.78. The maximum Gasteiger partial charge on any atom is 0.269 e. The predicted octanol–water partition coefficient (Wildman–Crippen LogP) is 4.52. The number of nitrogens with one attached hydrogen (secondary N) is 3. The molecule has 9 heteroatoms.